The Kier molecular flexibility index (Phi) is 2.42. The van der Waals surface area contributed by atoms with E-state index in [0.717, 1.165) is 12.1 Å². The third kappa shape index (κ3) is 1.78. The average molecular weight is 229 g/mol. The van der Waals surface area contributed by atoms with Crippen LogP contribution in [0.3, 0.4) is 0 Å². The molecule has 1 aromatic carbocycles. The van der Waals surface area contributed by atoms with Gasteiger partial charge >= 0.3 is 6.18 Å². The van der Waals surface area contributed by atoms with E-state index in [-0.39, 0.29) is 11.6 Å². The Morgan fingerprint density at radius 3 is 2.56 bits per heavy atom. The third-order valence-corrected chi connectivity index (χ3v) is 2.42. The van der Waals surface area contributed by atoms with E-state index in [4.69, 9.17) is 10.2 Å². The van der Waals surface area contributed by atoms with E-state index in [1.54, 1.807) is 6.92 Å². The van der Waals surface area contributed by atoms with Crippen molar-refractivity contribution in [2.75, 3.05) is 0 Å². The first-order valence-electron chi connectivity index (χ1n) is 4.73. The number of furan rings is 1. The number of fused-ring (bicyclic) bond motifs is 1. The topological polar surface area (TPSA) is 39.2 Å². The summed E-state index contributed by atoms with van der Waals surface area (Å²) in [6, 6.07) is 3.14. The monoisotopic (exact) mass is 229 g/mol. The molecule has 0 radical (unpaired) electrons. The average Bonchev–Trinajstić information content (AvgIpc) is 2.58. The Labute approximate surface area is 89.8 Å². The van der Waals surface area contributed by atoms with Gasteiger partial charge in [0, 0.05) is 17.0 Å². The highest BCUT2D eigenvalue weighted by molar-refractivity contribution is 5.82. The molecule has 2 nitrogen and oxygen atoms in total. The van der Waals surface area contributed by atoms with Gasteiger partial charge in [-0.2, -0.15) is 13.2 Å². The lowest BCUT2D eigenvalue weighted by Gasteiger charge is -2.06. The lowest BCUT2D eigenvalue weighted by molar-refractivity contribution is -0.137. The second-order valence-electron chi connectivity index (χ2n) is 3.69. The standard InChI is InChI=1S/C11H10F3NO/c1-6(15)9-5-16-10-4-7(11(12,13)14)2-3-8(9)10/h2-6H,15H2,1H3. The van der Waals surface area contributed by atoms with Crippen molar-refractivity contribution in [3.05, 3.63) is 35.6 Å². The summed E-state index contributed by atoms with van der Waals surface area (Å²) in [5.74, 6) is 0. The van der Waals surface area contributed by atoms with Gasteiger partial charge in [-0.15, -0.1) is 0 Å². The maximum absolute atomic E-state index is 12.4. The molecule has 0 aliphatic rings. The van der Waals surface area contributed by atoms with Crippen molar-refractivity contribution < 1.29 is 17.6 Å². The zero-order chi connectivity index (χ0) is 11.9. The molecule has 0 amide bonds. The van der Waals surface area contributed by atoms with E-state index in [0.29, 0.717) is 10.9 Å². The van der Waals surface area contributed by atoms with Crippen molar-refractivity contribution >= 4 is 11.0 Å². The molecule has 1 atom stereocenters. The van der Waals surface area contributed by atoms with E-state index < -0.39 is 11.7 Å². The maximum atomic E-state index is 12.4. The molecule has 0 saturated carbocycles. The SMILES string of the molecule is CC(N)c1coc2cc(C(F)(F)F)ccc12. The van der Waals surface area contributed by atoms with Crippen molar-refractivity contribution in [2.45, 2.75) is 19.1 Å². The number of rotatable bonds is 1. The molecule has 0 fully saturated rings. The molecule has 0 saturated heterocycles. The highest BCUT2D eigenvalue weighted by Crippen LogP contribution is 2.33. The minimum absolute atomic E-state index is 0.210. The van der Waals surface area contributed by atoms with Gasteiger partial charge in [0.05, 0.1) is 11.8 Å². The van der Waals surface area contributed by atoms with Gasteiger partial charge in [0.25, 0.3) is 0 Å². The van der Waals surface area contributed by atoms with E-state index in [1.807, 2.05) is 0 Å². The molecule has 2 aromatic rings. The third-order valence-electron chi connectivity index (χ3n) is 2.42. The van der Waals surface area contributed by atoms with E-state index in [9.17, 15) is 13.2 Å². The summed E-state index contributed by atoms with van der Waals surface area (Å²) in [7, 11) is 0. The molecular formula is C11H10F3NO. The molecule has 1 unspecified atom stereocenters. The molecule has 2 N–H and O–H groups in total. The van der Waals surface area contributed by atoms with Crippen molar-refractivity contribution in [2.24, 2.45) is 5.73 Å². The minimum Gasteiger partial charge on any atom is -0.464 e. The smallest absolute Gasteiger partial charge is 0.416 e. The predicted octanol–water partition coefficient (Wildman–Crippen LogP) is 3.47. The van der Waals surface area contributed by atoms with Gasteiger partial charge in [-0.25, -0.2) is 0 Å². The van der Waals surface area contributed by atoms with Crippen molar-refractivity contribution in [3.63, 3.8) is 0 Å². The van der Waals surface area contributed by atoms with Crippen LogP contribution in [0.25, 0.3) is 11.0 Å². The van der Waals surface area contributed by atoms with Crippen molar-refractivity contribution in [1.29, 1.82) is 0 Å². The lowest BCUT2D eigenvalue weighted by atomic mass is 10.1. The molecule has 0 aliphatic heterocycles. The predicted molar refractivity (Wildman–Crippen MR) is 53.8 cm³/mol. The fourth-order valence-electron chi connectivity index (χ4n) is 1.58. The number of hydrogen-bond donors (Lipinski definition) is 1. The largest absolute Gasteiger partial charge is 0.464 e. The normalized spacial score (nSPS) is 14.3. The van der Waals surface area contributed by atoms with Gasteiger partial charge in [0.1, 0.15) is 5.58 Å². The second kappa shape index (κ2) is 3.52. The number of hydrogen-bond acceptors (Lipinski definition) is 2. The Morgan fingerprint density at radius 2 is 2.00 bits per heavy atom. The van der Waals surface area contributed by atoms with Crippen LogP contribution < -0.4 is 5.73 Å². The molecule has 1 heterocycles. The summed E-state index contributed by atoms with van der Waals surface area (Å²) in [6.45, 7) is 1.75. The molecule has 5 heteroatoms. The van der Waals surface area contributed by atoms with E-state index in [2.05, 4.69) is 0 Å². The van der Waals surface area contributed by atoms with Crippen LogP contribution in [0.15, 0.2) is 28.9 Å². The van der Waals surface area contributed by atoms with Crippen LogP contribution in [0.2, 0.25) is 0 Å². The summed E-state index contributed by atoms with van der Waals surface area (Å²) in [6.07, 6.45) is -2.95. The van der Waals surface area contributed by atoms with Crippen LogP contribution in [-0.4, -0.2) is 0 Å². The Morgan fingerprint density at radius 1 is 1.31 bits per heavy atom. The number of nitrogens with two attached hydrogens (primary N) is 1. The van der Waals surface area contributed by atoms with E-state index in [1.165, 1.54) is 12.3 Å². The lowest BCUT2D eigenvalue weighted by Crippen LogP contribution is -2.05. The quantitative estimate of drug-likeness (QED) is 0.813. The number of alkyl halides is 3. The number of benzene rings is 1. The van der Waals surface area contributed by atoms with Crippen LogP contribution in [0, 0.1) is 0 Å². The van der Waals surface area contributed by atoms with Gasteiger partial charge < -0.3 is 10.2 Å². The molecule has 16 heavy (non-hydrogen) atoms. The van der Waals surface area contributed by atoms with Crippen molar-refractivity contribution in [3.8, 4) is 0 Å². The first-order chi connectivity index (χ1) is 7.39. The summed E-state index contributed by atoms with van der Waals surface area (Å²) < 4.78 is 42.3. The molecule has 86 valence electrons. The van der Waals surface area contributed by atoms with Crippen LogP contribution in [0.1, 0.15) is 24.1 Å². The molecular weight excluding hydrogens is 219 g/mol. The Balaban J connectivity index is 2.58. The van der Waals surface area contributed by atoms with E-state index >= 15 is 0 Å². The van der Waals surface area contributed by atoms with Crippen molar-refractivity contribution in [1.82, 2.24) is 0 Å². The zero-order valence-electron chi connectivity index (χ0n) is 8.51. The van der Waals surface area contributed by atoms with Gasteiger partial charge in [-0.1, -0.05) is 6.07 Å². The van der Waals surface area contributed by atoms with Crippen LogP contribution in [-0.2, 0) is 6.18 Å². The van der Waals surface area contributed by atoms with Crippen LogP contribution in [0.5, 0.6) is 0 Å². The molecule has 0 aliphatic carbocycles. The summed E-state index contributed by atoms with van der Waals surface area (Å²) in [5, 5.41) is 0.628. The fourth-order valence-corrected chi connectivity index (χ4v) is 1.58. The molecule has 0 spiro atoms. The number of halogens is 3. The Bertz CT molecular complexity index is 513. The minimum atomic E-state index is -4.35. The summed E-state index contributed by atoms with van der Waals surface area (Å²) in [5.41, 5.74) is 5.87. The van der Waals surface area contributed by atoms with Gasteiger partial charge in [-0.3, -0.25) is 0 Å². The fraction of sp³-hybridized carbons (Fsp3) is 0.273. The first-order valence-corrected chi connectivity index (χ1v) is 4.73. The molecule has 0 bridgehead atoms. The summed E-state index contributed by atoms with van der Waals surface area (Å²) in [4.78, 5) is 0. The first kappa shape index (κ1) is 11.0. The van der Waals surface area contributed by atoms with Gasteiger partial charge in [0.15, 0.2) is 0 Å². The Hall–Kier alpha value is -1.49. The van der Waals surface area contributed by atoms with Crippen LogP contribution in [0.4, 0.5) is 13.2 Å². The second-order valence-corrected chi connectivity index (χ2v) is 3.69. The highest BCUT2D eigenvalue weighted by Gasteiger charge is 2.31. The summed E-state index contributed by atoms with van der Waals surface area (Å²) >= 11 is 0. The maximum Gasteiger partial charge on any atom is 0.416 e. The molecule has 1 aromatic heterocycles. The van der Waals surface area contributed by atoms with Gasteiger partial charge in [-0.05, 0) is 19.1 Å². The van der Waals surface area contributed by atoms with Crippen LogP contribution >= 0.6 is 0 Å². The zero-order valence-corrected chi connectivity index (χ0v) is 8.51. The van der Waals surface area contributed by atoms with Gasteiger partial charge in [0.2, 0.25) is 0 Å². The highest BCUT2D eigenvalue weighted by atomic mass is 19.4. The molecule has 2 rings (SSSR count).